The van der Waals surface area contributed by atoms with E-state index in [4.69, 9.17) is 0 Å². The molecule has 0 spiro atoms. The summed E-state index contributed by atoms with van der Waals surface area (Å²) in [5.41, 5.74) is 0. The van der Waals surface area contributed by atoms with Gasteiger partial charge in [0.2, 0.25) is 0 Å². The topological polar surface area (TPSA) is 17.1 Å². The lowest BCUT2D eigenvalue weighted by Gasteiger charge is -1.71. The lowest BCUT2D eigenvalue weighted by Crippen LogP contribution is -1.80. The SMILES string of the molecule is C.C.C.C.C.C.CCC.CCC(C)=O. The van der Waals surface area contributed by atoms with Crippen molar-refractivity contribution in [1.82, 2.24) is 0 Å². The third kappa shape index (κ3) is 476. The van der Waals surface area contributed by atoms with E-state index < -0.39 is 0 Å². The smallest absolute Gasteiger partial charge is 0.129 e. The normalized spacial score (nSPS) is 4.00. The highest BCUT2D eigenvalue weighted by molar-refractivity contribution is 5.74. The number of carbonyl (C=O) groups excluding carboxylic acids is 1. The lowest BCUT2D eigenvalue weighted by molar-refractivity contribution is -0.116. The summed E-state index contributed by atoms with van der Waals surface area (Å²) in [6, 6.07) is 0. The molecule has 0 aliphatic heterocycles. The van der Waals surface area contributed by atoms with E-state index in [1.165, 1.54) is 6.42 Å². The molecule has 0 aromatic heterocycles. The van der Waals surface area contributed by atoms with E-state index in [1.54, 1.807) is 6.92 Å². The van der Waals surface area contributed by atoms with Gasteiger partial charge < -0.3 is 4.79 Å². The maximum absolute atomic E-state index is 9.81. The van der Waals surface area contributed by atoms with Crippen molar-refractivity contribution in [2.45, 2.75) is 85.1 Å². The third-order valence-corrected chi connectivity index (χ3v) is 0.498. The van der Waals surface area contributed by atoms with Crippen LogP contribution in [-0.4, -0.2) is 5.78 Å². The van der Waals surface area contributed by atoms with Crippen molar-refractivity contribution in [2.24, 2.45) is 0 Å². The van der Waals surface area contributed by atoms with E-state index in [9.17, 15) is 4.79 Å². The van der Waals surface area contributed by atoms with Crippen molar-refractivity contribution >= 4 is 5.78 Å². The van der Waals surface area contributed by atoms with Crippen LogP contribution in [-0.2, 0) is 4.79 Å². The standard InChI is InChI=1S/C4H8O.C3H8.6CH4/c1-3-4(2)5;1-3-2;;;;;;/h3H2,1-2H3;3H2,1-2H3;6*1H4. The second-order valence-corrected chi connectivity index (χ2v) is 1.76. The molecular formula is C13H40O. The zero-order chi connectivity index (χ0) is 6.99. The van der Waals surface area contributed by atoms with Gasteiger partial charge in [-0.2, -0.15) is 0 Å². The zero-order valence-corrected chi connectivity index (χ0v) is 6.32. The highest BCUT2D eigenvalue weighted by Gasteiger charge is 1.76. The van der Waals surface area contributed by atoms with Crippen LogP contribution in [0.15, 0.2) is 0 Å². The van der Waals surface area contributed by atoms with Gasteiger partial charge in [-0.15, -0.1) is 0 Å². The second kappa shape index (κ2) is 79.1. The number of hydrogen-bond donors (Lipinski definition) is 0. The lowest BCUT2D eigenvalue weighted by atomic mass is 10.4. The van der Waals surface area contributed by atoms with E-state index in [1.807, 2.05) is 6.92 Å². The number of carbonyl (C=O) groups is 1. The predicted molar refractivity (Wildman–Crippen MR) is 77.3 cm³/mol. The molecule has 14 heavy (non-hydrogen) atoms. The van der Waals surface area contributed by atoms with Crippen molar-refractivity contribution in [3.8, 4) is 0 Å². The average Bonchev–Trinajstić information content (AvgIpc) is 1.69. The molecule has 1 nitrogen and oxygen atoms in total. The highest BCUT2D eigenvalue weighted by atomic mass is 16.1. The van der Waals surface area contributed by atoms with E-state index in [0.29, 0.717) is 6.42 Å². The summed E-state index contributed by atoms with van der Waals surface area (Å²) in [7, 11) is 0. The van der Waals surface area contributed by atoms with Crippen LogP contribution in [0.2, 0.25) is 0 Å². The van der Waals surface area contributed by atoms with Gasteiger partial charge in [0.25, 0.3) is 0 Å². The Balaban J connectivity index is -0.00000000626. The van der Waals surface area contributed by atoms with Crippen molar-refractivity contribution in [1.29, 1.82) is 0 Å². The first-order valence-corrected chi connectivity index (χ1v) is 3.18. The van der Waals surface area contributed by atoms with Crippen molar-refractivity contribution in [3.05, 3.63) is 0 Å². The molecule has 98 valence electrons. The molecule has 0 bridgehead atoms. The minimum absolute atomic E-state index is 0. The van der Waals surface area contributed by atoms with E-state index in [0.717, 1.165) is 0 Å². The minimum atomic E-state index is 0. The Morgan fingerprint density at radius 1 is 0.786 bits per heavy atom. The Morgan fingerprint density at radius 2 is 0.857 bits per heavy atom. The number of ketones is 1. The number of rotatable bonds is 1. The molecular weight excluding hydrogens is 172 g/mol. The van der Waals surface area contributed by atoms with Crippen molar-refractivity contribution in [3.63, 3.8) is 0 Å². The molecule has 0 radical (unpaired) electrons. The second-order valence-electron chi connectivity index (χ2n) is 1.76. The fraction of sp³-hybridized carbons (Fsp3) is 0.923. The third-order valence-electron chi connectivity index (χ3n) is 0.498. The minimum Gasteiger partial charge on any atom is -0.300 e. The first-order valence-electron chi connectivity index (χ1n) is 3.18. The summed E-state index contributed by atoms with van der Waals surface area (Å²) in [4.78, 5) is 9.81. The van der Waals surface area contributed by atoms with Gasteiger partial charge in [-0.1, -0.05) is 71.8 Å². The molecule has 0 heterocycles. The fourth-order valence-electron chi connectivity index (χ4n) is 0. The molecule has 0 saturated heterocycles. The van der Waals surface area contributed by atoms with Crippen molar-refractivity contribution < 1.29 is 4.79 Å². The molecule has 0 amide bonds. The first kappa shape index (κ1) is 68.3. The zero-order valence-electron chi connectivity index (χ0n) is 6.32. The molecule has 0 N–H and O–H groups in total. The van der Waals surface area contributed by atoms with Gasteiger partial charge in [0.15, 0.2) is 0 Å². The number of hydrogen-bond acceptors (Lipinski definition) is 1. The molecule has 0 aromatic carbocycles. The van der Waals surface area contributed by atoms with Crippen LogP contribution in [0.4, 0.5) is 0 Å². The molecule has 0 rings (SSSR count). The summed E-state index contributed by atoms with van der Waals surface area (Å²) in [6.45, 7) is 7.68. The van der Waals surface area contributed by atoms with E-state index >= 15 is 0 Å². The summed E-state index contributed by atoms with van der Waals surface area (Å²) in [6.07, 6.45) is 1.92. The van der Waals surface area contributed by atoms with Crippen LogP contribution in [0.1, 0.15) is 85.1 Å². The molecule has 0 aliphatic rings. The van der Waals surface area contributed by atoms with Gasteiger partial charge in [0.05, 0.1) is 0 Å². The van der Waals surface area contributed by atoms with Gasteiger partial charge in [0.1, 0.15) is 5.78 Å². The average molecular weight is 212 g/mol. The van der Waals surface area contributed by atoms with Crippen LogP contribution >= 0.6 is 0 Å². The molecule has 0 unspecified atom stereocenters. The van der Waals surface area contributed by atoms with Gasteiger partial charge in [-0.05, 0) is 6.92 Å². The maximum atomic E-state index is 9.81. The Morgan fingerprint density at radius 3 is 0.857 bits per heavy atom. The van der Waals surface area contributed by atoms with Gasteiger partial charge in [-0.3, -0.25) is 0 Å². The molecule has 1 heteroatoms. The largest absolute Gasteiger partial charge is 0.300 e. The highest BCUT2D eigenvalue weighted by Crippen LogP contribution is 1.71. The molecule has 0 aliphatic carbocycles. The monoisotopic (exact) mass is 212 g/mol. The van der Waals surface area contributed by atoms with Crippen molar-refractivity contribution in [2.75, 3.05) is 0 Å². The van der Waals surface area contributed by atoms with Gasteiger partial charge >= 0.3 is 0 Å². The maximum Gasteiger partial charge on any atom is 0.129 e. The van der Waals surface area contributed by atoms with Crippen LogP contribution < -0.4 is 0 Å². The van der Waals surface area contributed by atoms with E-state index in [-0.39, 0.29) is 50.3 Å². The Labute approximate surface area is 96.3 Å². The van der Waals surface area contributed by atoms with Crippen LogP contribution in [0, 0.1) is 0 Å². The van der Waals surface area contributed by atoms with E-state index in [2.05, 4.69) is 13.8 Å². The number of Topliss-reactive ketones (excluding diaryl/α,β-unsaturated/α-hetero) is 1. The molecule has 0 atom stereocenters. The predicted octanol–water partition coefficient (Wildman–Crippen LogP) is 6.22. The quantitative estimate of drug-likeness (QED) is 0.504. The molecule has 0 fully saturated rings. The van der Waals surface area contributed by atoms with Crippen LogP contribution in [0.25, 0.3) is 0 Å². The summed E-state index contributed by atoms with van der Waals surface area (Å²) < 4.78 is 0. The fourth-order valence-corrected chi connectivity index (χ4v) is 0. The summed E-state index contributed by atoms with van der Waals surface area (Å²) >= 11 is 0. The van der Waals surface area contributed by atoms with Gasteiger partial charge in [-0.25, -0.2) is 0 Å². The Bertz CT molecular complexity index is 49.2. The molecule has 0 aromatic rings. The summed E-state index contributed by atoms with van der Waals surface area (Å²) in [5, 5.41) is 0. The Hall–Kier alpha value is -0.330. The first-order chi connectivity index (χ1) is 3.68. The van der Waals surface area contributed by atoms with Crippen LogP contribution in [0.5, 0.6) is 0 Å². The molecule has 0 saturated carbocycles. The summed E-state index contributed by atoms with van der Waals surface area (Å²) in [5.74, 6) is 0.255. The Kier molecular flexibility index (Phi) is 386. The van der Waals surface area contributed by atoms with Gasteiger partial charge in [0, 0.05) is 6.42 Å². The van der Waals surface area contributed by atoms with Crippen LogP contribution in [0.3, 0.4) is 0 Å².